The summed E-state index contributed by atoms with van der Waals surface area (Å²) in [5.74, 6) is 5.29. The van der Waals surface area contributed by atoms with Crippen molar-refractivity contribution in [3.8, 4) is 11.3 Å². The van der Waals surface area contributed by atoms with Gasteiger partial charge in [0.15, 0.2) is 5.69 Å². The Labute approximate surface area is 98.8 Å². The van der Waals surface area contributed by atoms with Crippen LogP contribution in [0.5, 0.6) is 0 Å². The minimum Gasteiger partial charge on any atom is -0.461 e. The van der Waals surface area contributed by atoms with Crippen LogP contribution in [0.25, 0.3) is 11.3 Å². The average molecular weight is 231 g/mol. The predicted octanol–water partition coefficient (Wildman–Crippen LogP) is 1.44. The summed E-state index contributed by atoms with van der Waals surface area (Å²) in [6.45, 7) is 2.06. The van der Waals surface area contributed by atoms with Crippen LogP contribution < -0.4 is 5.84 Å². The van der Waals surface area contributed by atoms with E-state index in [-0.39, 0.29) is 5.69 Å². The Balaban J connectivity index is 2.47. The van der Waals surface area contributed by atoms with E-state index < -0.39 is 5.97 Å². The highest BCUT2D eigenvalue weighted by Gasteiger charge is 2.19. The highest BCUT2D eigenvalue weighted by atomic mass is 16.5. The summed E-state index contributed by atoms with van der Waals surface area (Å²) in [4.78, 5) is 15.7. The van der Waals surface area contributed by atoms with Gasteiger partial charge < -0.3 is 10.6 Å². The van der Waals surface area contributed by atoms with Crippen LogP contribution in [0.1, 0.15) is 17.4 Å². The topological polar surface area (TPSA) is 70.1 Å². The monoisotopic (exact) mass is 231 g/mol. The molecule has 0 aliphatic heterocycles. The lowest BCUT2D eigenvalue weighted by Gasteiger charge is -2.05. The molecule has 0 aliphatic carbocycles. The lowest BCUT2D eigenvalue weighted by molar-refractivity contribution is 0.0521. The largest absolute Gasteiger partial charge is 0.461 e. The summed E-state index contributed by atoms with van der Waals surface area (Å²) in [6, 6.07) is 9.37. The van der Waals surface area contributed by atoms with Gasteiger partial charge in [-0.3, -0.25) is 0 Å². The predicted molar refractivity (Wildman–Crippen MR) is 63.8 cm³/mol. The summed E-state index contributed by atoms with van der Waals surface area (Å²) in [6.07, 6.45) is 1.40. The van der Waals surface area contributed by atoms with Crippen molar-refractivity contribution >= 4 is 5.97 Å². The highest BCUT2D eigenvalue weighted by Crippen LogP contribution is 2.21. The van der Waals surface area contributed by atoms with Crippen LogP contribution in [0.15, 0.2) is 36.7 Å². The van der Waals surface area contributed by atoms with Crippen LogP contribution in [0, 0.1) is 0 Å². The Morgan fingerprint density at radius 2 is 2.12 bits per heavy atom. The number of benzene rings is 1. The van der Waals surface area contributed by atoms with Gasteiger partial charge in [0.1, 0.15) is 12.0 Å². The van der Waals surface area contributed by atoms with E-state index in [9.17, 15) is 4.79 Å². The van der Waals surface area contributed by atoms with Crippen molar-refractivity contribution in [1.82, 2.24) is 9.66 Å². The maximum absolute atomic E-state index is 11.7. The second kappa shape index (κ2) is 4.69. The van der Waals surface area contributed by atoms with Crippen molar-refractivity contribution in [2.45, 2.75) is 6.92 Å². The minimum absolute atomic E-state index is 0.237. The standard InChI is InChI=1S/C12H13N3O2/c1-2-17-12(16)10-11(15(13)8-14-10)9-6-4-3-5-7-9/h3-8H,2,13H2,1H3. The van der Waals surface area contributed by atoms with Crippen molar-refractivity contribution in [3.05, 3.63) is 42.4 Å². The molecule has 1 heterocycles. The molecule has 2 rings (SSSR count). The molecule has 0 radical (unpaired) electrons. The lowest BCUT2D eigenvalue weighted by Crippen LogP contribution is -2.11. The Hall–Kier alpha value is -2.30. The summed E-state index contributed by atoms with van der Waals surface area (Å²) < 4.78 is 6.25. The fourth-order valence-corrected chi connectivity index (χ4v) is 1.59. The first-order chi connectivity index (χ1) is 8.24. The van der Waals surface area contributed by atoms with Crippen LogP contribution in [0.3, 0.4) is 0 Å². The maximum Gasteiger partial charge on any atom is 0.359 e. The van der Waals surface area contributed by atoms with Gasteiger partial charge >= 0.3 is 5.97 Å². The number of ether oxygens (including phenoxy) is 1. The number of carbonyl (C=O) groups excluding carboxylic acids is 1. The molecule has 5 nitrogen and oxygen atoms in total. The molecule has 2 N–H and O–H groups in total. The Bertz CT molecular complexity index is 520. The lowest BCUT2D eigenvalue weighted by atomic mass is 10.1. The molecule has 1 aromatic heterocycles. The smallest absolute Gasteiger partial charge is 0.359 e. The average Bonchev–Trinajstić information content (AvgIpc) is 2.73. The van der Waals surface area contributed by atoms with Gasteiger partial charge in [-0.15, -0.1) is 0 Å². The third kappa shape index (κ3) is 2.13. The SMILES string of the molecule is CCOC(=O)c1ncn(N)c1-c1ccccc1. The van der Waals surface area contributed by atoms with Gasteiger partial charge in [0, 0.05) is 5.56 Å². The van der Waals surface area contributed by atoms with E-state index in [1.54, 1.807) is 6.92 Å². The molecule has 5 heteroatoms. The fraction of sp³-hybridized carbons (Fsp3) is 0.167. The highest BCUT2D eigenvalue weighted by molar-refractivity contribution is 5.94. The van der Waals surface area contributed by atoms with Gasteiger partial charge in [0.2, 0.25) is 0 Å². The molecule has 0 saturated heterocycles. The molecule has 0 bridgehead atoms. The zero-order valence-corrected chi connectivity index (χ0v) is 9.46. The number of rotatable bonds is 3. The first-order valence-corrected chi connectivity index (χ1v) is 5.29. The number of esters is 1. The number of nitrogens with zero attached hydrogens (tertiary/aromatic N) is 2. The number of nitrogens with two attached hydrogens (primary N) is 1. The molecule has 1 aromatic carbocycles. The van der Waals surface area contributed by atoms with Crippen molar-refractivity contribution in [2.24, 2.45) is 0 Å². The number of aromatic nitrogens is 2. The number of nitrogen functional groups attached to an aromatic ring is 1. The quantitative estimate of drug-likeness (QED) is 0.641. The molecule has 0 amide bonds. The van der Waals surface area contributed by atoms with Crippen LogP contribution in [0.2, 0.25) is 0 Å². The van der Waals surface area contributed by atoms with E-state index in [4.69, 9.17) is 10.6 Å². The number of imidazole rings is 1. The summed E-state index contributed by atoms with van der Waals surface area (Å²) in [7, 11) is 0. The summed E-state index contributed by atoms with van der Waals surface area (Å²) in [5.41, 5.74) is 1.63. The Morgan fingerprint density at radius 3 is 2.76 bits per heavy atom. The van der Waals surface area contributed by atoms with E-state index in [1.807, 2.05) is 30.3 Å². The van der Waals surface area contributed by atoms with Crippen molar-refractivity contribution in [3.63, 3.8) is 0 Å². The molecule has 0 unspecified atom stereocenters. The van der Waals surface area contributed by atoms with Crippen molar-refractivity contribution in [1.29, 1.82) is 0 Å². The first-order valence-electron chi connectivity index (χ1n) is 5.29. The molecule has 17 heavy (non-hydrogen) atoms. The molecule has 88 valence electrons. The van der Waals surface area contributed by atoms with E-state index in [2.05, 4.69) is 4.98 Å². The maximum atomic E-state index is 11.7. The van der Waals surface area contributed by atoms with Crippen LogP contribution in [0.4, 0.5) is 0 Å². The molecule has 0 saturated carbocycles. The number of hydrogen-bond acceptors (Lipinski definition) is 4. The number of hydrogen-bond donors (Lipinski definition) is 1. The van der Waals surface area contributed by atoms with Crippen LogP contribution >= 0.6 is 0 Å². The van der Waals surface area contributed by atoms with Gasteiger partial charge in [-0.2, -0.15) is 0 Å². The van der Waals surface area contributed by atoms with Crippen molar-refractivity contribution in [2.75, 3.05) is 12.4 Å². The third-order valence-corrected chi connectivity index (χ3v) is 2.31. The molecule has 2 aromatic rings. The van der Waals surface area contributed by atoms with E-state index in [0.29, 0.717) is 12.3 Å². The third-order valence-electron chi connectivity index (χ3n) is 2.31. The van der Waals surface area contributed by atoms with Gasteiger partial charge in [-0.1, -0.05) is 30.3 Å². The zero-order valence-electron chi connectivity index (χ0n) is 9.46. The molecule has 0 spiro atoms. The molecule has 0 fully saturated rings. The summed E-state index contributed by atoms with van der Waals surface area (Å²) >= 11 is 0. The van der Waals surface area contributed by atoms with Gasteiger partial charge in [0.25, 0.3) is 0 Å². The van der Waals surface area contributed by atoms with Crippen LogP contribution in [-0.2, 0) is 4.74 Å². The van der Waals surface area contributed by atoms with Crippen LogP contribution in [-0.4, -0.2) is 22.2 Å². The van der Waals surface area contributed by atoms with Gasteiger partial charge in [0.05, 0.1) is 6.61 Å². The molecule has 0 atom stereocenters. The second-order valence-corrected chi connectivity index (χ2v) is 3.44. The van der Waals surface area contributed by atoms with Gasteiger partial charge in [-0.05, 0) is 6.92 Å². The van der Waals surface area contributed by atoms with Crippen molar-refractivity contribution < 1.29 is 9.53 Å². The molecule has 0 aliphatic rings. The normalized spacial score (nSPS) is 10.2. The number of carbonyl (C=O) groups is 1. The molecular weight excluding hydrogens is 218 g/mol. The van der Waals surface area contributed by atoms with E-state index in [1.165, 1.54) is 11.0 Å². The Morgan fingerprint density at radius 1 is 1.41 bits per heavy atom. The Kier molecular flexibility index (Phi) is 3.09. The van der Waals surface area contributed by atoms with Gasteiger partial charge in [-0.25, -0.2) is 14.5 Å². The zero-order chi connectivity index (χ0) is 12.3. The fourth-order valence-electron chi connectivity index (χ4n) is 1.59. The first kappa shape index (κ1) is 11.2. The summed E-state index contributed by atoms with van der Waals surface area (Å²) in [5, 5.41) is 0. The minimum atomic E-state index is -0.462. The molecular formula is C12H13N3O2. The van der Waals surface area contributed by atoms with E-state index in [0.717, 1.165) is 5.56 Å². The van der Waals surface area contributed by atoms with E-state index >= 15 is 0 Å². The second-order valence-electron chi connectivity index (χ2n) is 3.44.